The van der Waals surface area contributed by atoms with Gasteiger partial charge in [0.05, 0.1) is 0 Å². The highest BCUT2D eigenvalue weighted by atomic mass is 16.5. The maximum absolute atomic E-state index is 5.89. The van der Waals surface area contributed by atoms with Gasteiger partial charge in [0, 0.05) is 24.5 Å². The third kappa shape index (κ3) is 3.76. The van der Waals surface area contributed by atoms with Gasteiger partial charge in [0.15, 0.2) is 5.82 Å². The first-order valence-corrected chi connectivity index (χ1v) is 6.49. The van der Waals surface area contributed by atoms with E-state index in [1.165, 1.54) is 0 Å². The summed E-state index contributed by atoms with van der Waals surface area (Å²) < 4.78 is 5.89. The molecule has 0 aliphatic carbocycles. The zero-order valence-corrected chi connectivity index (χ0v) is 11.4. The first-order valence-electron chi connectivity index (χ1n) is 6.49. The third-order valence-electron chi connectivity index (χ3n) is 2.82. The largest absolute Gasteiger partial charge is 0.485 e. The Balaban J connectivity index is 2.10. The van der Waals surface area contributed by atoms with Gasteiger partial charge in [-0.2, -0.15) is 0 Å². The van der Waals surface area contributed by atoms with Gasteiger partial charge in [-0.1, -0.05) is 25.1 Å². The van der Waals surface area contributed by atoms with Crippen LogP contribution >= 0.6 is 0 Å². The number of rotatable bonds is 6. The number of hydrogen-bond donors (Lipinski definition) is 1. The Labute approximate surface area is 113 Å². The van der Waals surface area contributed by atoms with Gasteiger partial charge in [-0.05, 0) is 25.1 Å². The predicted molar refractivity (Wildman–Crippen MR) is 74.9 cm³/mol. The molecular weight excluding hydrogens is 238 g/mol. The maximum Gasteiger partial charge on any atom is 0.166 e. The monoisotopic (exact) mass is 257 g/mol. The zero-order valence-electron chi connectivity index (χ0n) is 11.4. The average molecular weight is 257 g/mol. The fourth-order valence-electron chi connectivity index (χ4n) is 1.86. The van der Waals surface area contributed by atoms with Gasteiger partial charge in [-0.15, -0.1) is 0 Å². The number of nitrogens with one attached hydrogen (secondary N) is 1. The number of nitrogens with zero attached hydrogens (tertiary/aromatic N) is 2. The van der Waals surface area contributed by atoms with Gasteiger partial charge >= 0.3 is 0 Å². The second-order valence-corrected chi connectivity index (χ2v) is 4.30. The average Bonchev–Trinajstić information content (AvgIpc) is 2.45. The van der Waals surface area contributed by atoms with Crippen LogP contribution in [0.4, 0.5) is 0 Å². The van der Waals surface area contributed by atoms with Crippen LogP contribution in [0.5, 0.6) is 5.75 Å². The predicted octanol–water partition coefficient (Wildman–Crippen LogP) is 2.47. The van der Waals surface area contributed by atoms with Gasteiger partial charge in [-0.25, -0.2) is 9.97 Å². The molecule has 0 aliphatic rings. The van der Waals surface area contributed by atoms with E-state index in [-0.39, 0.29) is 0 Å². The molecule has 0 amide bonds. The molecular formula is C15H19N3O. The van der Waals surface area contributed by atoms with Crippen molar-refractivity contribution in [3.05, 3.63) is 53.6 Å². The first-order chi connectivity index (χ1) is 9.31. The lowest BCUT2D eigenvalue weighted by Gasteiger charge is -2.13. The maximum atomic E-state index is 5.89. The molecule has 100 valence electrons. The summed E-state index contributed by atoms with van der Waals surface area (Å²) >= 11 is 0. The molecule has 2 rings (SSSR count). The summed E-state index contributed by atoms with van der Waals surface area (Å²) in [7, 11) is 0. The van der Waals surface area contributed by atoms with Crippen molar-refractivity contribution in [3.8, 4) is 5.75 Å². The van der Waals surface area contributed by atoms with Crippen LogP contribution in [0.2, 0.25) is 0 Å². The van der Waals surface area contributed by atoms with Gasteiger partial charge in [-0.3, -0.25) is 0 Å². The molecule has 0 radical (unpaired) electrons. The molecule has 19 heavy (non-hydrogen) atoms. The van der Waals surface area contributed by atoms with E-state index >= 15 is 0 Å². The van der Waals surface area contributed by atoms with E-state index in [2.05, 4.69) is 41.3 Å². The van der Waals surface area contributed by atoms with E-state index in [0.717, 1.165) is 30.0 Å². The summed E-state index contributed by atoms with van der Waals surface area (Å²) in [6.45, 7) is 6.29. The van der Waals surface area contributed by atoms with Crippen LogP contribution in [0.1, 0.15) is 23.9 Å². The van der Waals surface area contributed by atoms with Crippen molar-refractivity contribution >= 4 is 0 Å². The zero-order chi connectivity index (χ0) is 13.5. The van der Waals surface area contributed by atoms with E-state index in [1.54, 1.807) is 18.5 Å². The molecule has 0 saturated carbocycles. The van der Waals surface area contributed by atoms with Crippen molar-refractivity contribution in [1.29, 1.82) is 0 Å². The van der Waals surface area contributed by atoms with E-state index in [1.807, 2.05) is 6.07 Å². The molecule has 2 aromatic rings. The molecule has 4 heteroatoms. The Kier molecular flexibility index (Phi) is 4.86. The number of hydrogen-bond acceptors (Lipinski definition) is 4. The van der Waals surface area contributed by atoms with Crippen molar-refractivity contribution in [2.24, 2.45) is 0 Å². The Morgan fingerprint density at radius 1 is 1.16 bits per heavy atom. The fourth-order valence-corrected chi connectivity index (χ4v) is 1.86. The van der Waals surface area contributed by atoms with E-state index < -0.39 is 0 Å². The molecule has 0 aliphatic heterocycles. The van der Waals surface area contributed by atoms with Gasteiger partial charge in [0.2, 0.25) is 0 Å². The normalized spacial score (nSPS) is 10.4. The standard InChI is InChI=1S/C15H19N3O/c1-3-16-10-13-7-4-6-12(2)15(13)19-11-14-17-8-5-9-18-14/h4-9,16H,3,10-11H2,1-2H3. The smallest absolute Gasteiger partial charge is 0.166 e. The Morgan fingerprint density at radius 2 is 1.95 bits per heavy atom. The van der Waals surface area contributed by atoms with Crippen LogP contribution in [-0.2, 0) is 13.2 Å². The summed E-state index contributed by atoms with van der Waals surface area (Å²) in [5.41, 5.74) is 2.30. The molecule has 0 fully saturated rings. The highest BCUT2D eigenvalue weighted by Crippen LogP contribution is 2.24. The van der Waals surface area contributed by atoms with Crippen molar-refractivity contribution in [3.63, 3.8) is 0 Å². The van der Waals surface area contributed by atoms with Crippen molar-refractivity contribution < 1.29 is 4.74 Å². The minimum absolute atomic E-state index is 0.394. The summed E-state index contributed by atoms with van der Waals surface area (Å²) in [6.07, 6.45) is 3.45. The van der Waals surface area contributed by atoms with E-state index in [4.69, 9.17) is 4.74 Å². The van der Waals surface area contributed by atoms with Crippen molar-refractivity contribution in [1.82, 2.24) is 15.3 Å². The highest BCUT2D eigenvalue weighted by Gasteiger charge is 2.07. The van der Waals surface area contributed by atoms with Gasteiger partial charge in [0.1, 0.15) is 12.4 Å². The topological polar surface area (TPSA) is 47.0 Å². The summed E-state index contributed by atoms with van der Waals surface area (Å²) in [5, 5.41) is 3.32. The SMILES string of the molecule is CCNCc1cccc(C)c1OCc1ncccn1. The van der Waals surface area contributed by atoms with Gasteiger partial charge in [0.25, 0.3) is 0 Å². The molecule has 0 bridgehead atoms. The summed E-state index contributed by atoms with van der Waals surface area (Å²) in [5.74, 6) is 1.62. The van der Waals surface area contributed by atoms with Crippen LogP contribution in [-0.4, -0.2) is 16.5 Å². The lowest BCUT2D eigenvalue weighted by molar-refractivity contribution is 0.290. The summed E-state index contributed by atoms with van der Waals surface area (Å²) in [6, 6.07) is 7.98. The molecule has 0 atom stereocenters. The number of aryl methyl sites for hydroxylation is 1. The van der Waals surface area contributed by atoms with Crippen molar-refractivity contribution in [2.45, 2.75) is 27.0 Å². The lowest BCUT2D eigenvalue weighted by Crippen LogP contribution is -2.13. The third-order valence-corrected chi connectivity index (χ3v) is 2.82. The summed E-state index contributed by atoms with van der Waals surface area (Å²) in [4.78, 5) is 8.33. The minimum atomic E-state index is 0.394. The lowest BCUT2D eigenvalue weighted by atomic mass is 10.1. The quantitative estimate of drug-likeness (QED) is 0.863. The first kappa shape index (κ1) is 13.5. The number of para-hydroxylation sites is 1. The van der Waals surface area contributed by atoms with Crippen LogP contribution in [0, 0.1) is 6.92 Å². The fraction of sp³-hybridized carbons (Fsp3) is 0.333. The molecule has 1 aromatic carbocycles. The molecule has 0 unspecified atom stereocenters. The second kappa shape index (κ2) is 6.85. The van der Waals surface area contributed by atoms with Crippen LogP contribution in [0.15, 0.2) is 36.7 Å². The van der Waals surface area contributed by atoms with E-state index in [9.17, 15) is 0 Å². The minimum Gasteiger partial charge on any atom is -0.485 e. The Hall–Kier alpha value is -1.94. The molecule has 4 nitrogen and oxygen atoms in total. The molecule has 0 saturated heterocycles. The van der Waals surface area contributed by atoms with Crippen LogP contribution in [0.3, 0.4) is 0 Å². The van der Waals surface area contributed by atoms with Gasteiger partial charge < -0.3 is 10.1 Å². The number of ether oxygens (including phenoxy) is 1. The van der Waals surface area contributed by atoms with Crippen molar-refractivity contribution in [2.75, 3.05) is 6.54 Å². The molecule has 0 spiro atoms. The second-order valence-electron chi connectivity index (χ2n) is 4.30. The number of aromatic nitrogens is 2. The highest BCUT2D eigenvalue weighted by molar-refractivity contribution is 5.40. The van der Waals surface area contributed by atoms with Crippen LogP contribution < -0.4 is 10.1 Å². The van der Waals surface area contributed by atoms with Crippen LogP contribution in [0.25, 0.3) is 0 Å². The molecule has 1 aromatic heterocycles. The Morgan fingerprint density at radius 3 is 2.68 bits per heavy atom. The number of benzene rings is 1. The Bertz CT molecular complexity index is 514. The van der Waals surface area contributed by atoms with E-state index in [0.29, 0.717) is 12.4 Å². The molecule has 1 heterocycles. The molecule has 1 N–H and O–H groups in total.